The van der Waals surface area contributed by atoms with Crippen LogP contribution in [0.3, 0.4) is 0 Å². The van der Waals surface area contributed by atoms with E-state index < -0.39 is 0 Å². The minimum Gasteiger partial charge on any atom is -0.484 e. The summed E-state index contributed by atoms with van der Waals surface area (Å²) < 4.78 is 15.7. The van der Waals surface area contributed by atoms with Gasteiger partial charge in [0.1, 0.15) is 5.75 Å². The fourth-order valence-corrected chi connectivity index (χ4v) is 2.13. The number of rotatable bonds is 7. The van der Waals surface area contributed by atoms with Gasteiger partial charge >= 0.3 is 5.97 Å². The number of carbonyl (C=O) groups excluding carboxylic acids is 2. The number of ether oxygens (including phenoxy) is 3. The van der Waals surface area contributed by atoms with E-state index >= 15 is 0 Å². The lowest BCUT2D eigenvalue weighted by Crippen LogP contribution is -2.35. The third-order valence-corrected chi connectivity index (χ3v) is 3.29. The number of hydrogen-bond acceptors (Lipinski definition) is 5. The maximum atomic E-state index is 11.7. The number of nitrogens with one attached hydrogen (secondary N) is 1. The topological polar surface area (TPSA) is 73.9 Å². The quantitative estimate of drug-likeness (QED) is 0.773. The highest BCUT2D eigenvalue weighted by Gasteiger charge is 2.16. The zero-order chi connectivity index (χ0) is 15.8. The molecule has 0 bridgehead atoms. The van der Waals surface area contributed by atoms with Crippen molar-refractivity contribution < 1.29 is 23.8 Å². The van der Waals surface area contributed by atoms with Crippen molar-refractivity contribution in [2.45, 2.75) is 25.9 Å². The maximum Gasteiger partial charge on any atom is 0.338 e. The van der Waals surface area contributed by atoms with E-state index in [9.17, 15) is 9.59 Å². The molecule has 0 aliphatic carbocycles. The van der Waals surface area contributed by atoms with Crippen LogP contribution >= 0.6 is 0 Å². The number of benzene rings is 1. The molecule has 0 spiro atoms. The Kier molecular flexibility index (Phi) is 6.21. The summed E-state index contributed by atoms with van der Waals surface area (Å²) in [6, 6.07) is 6.49. The van der Waals surface area contributed by atoms with Crippen molar-refractivity contribution in [2.75, 3.05) is 26.4 Å². The Hall–Kier alpha value is -2.08. The summed E-state index contributed by atoms with van der Waals surface area (Å²) in [6.07, 6.45) is 2.15. The zero-order valence-corrected chi connectivity index (χ0v) is 12.7. The molecule has 0 aromatic heterocycles. The van der Waals surface area contributed by atoms with Crippen LogP contribution in [0.4, 0.5) is 0 Å². The molecule has 1 fully saturated rings. The average molecular weight is 307 g/mol. The highest BCUT2D eigenvalue weighted by atomic mass is 16.5. The van der Waals surface area contributed by atoms with Crippen LogP contribution < -0.4 is 10.1 Å². The molecule has 6 heteroatoms. The molecular formula is C16H21NO5. The maximum absolute atomic E-state index is 11.7. The molecule has 0 radical (unpaired) electrons. The molecule has 120 valence electrons. The highest BCUT2D eigenvalue weighted by Crippen LogP contribution is 2.13. The normalized spacial score (nSPS) is 17.0. The van der Waals surface area contributed by atoms with Crippen LogP contribution in [-0.2, 0) is 14.3 Å². The smallest absolute Gasteiger partial charge is 0.338 e. The first-order chi connectivity index (χ1) is 10.7. The van der Waals surface area contributed by atoms with Crippen LogP contribution in [0.15, 0.2) is 24.3 Å². The van der Waals surface area contributed by atoms with Crippen molar-refractivity contribution in [2.24, 2.45) is 0 Å². The molecule has 22 heavy (non-hydrogen) atoms. The van der Waals surface area contributed by atoms with Crippen LogP contribution in [0.5, 0.6) is 5.75 Å². The predicted octanol–water partition coefficient (Wildman–Crippen LogP) is 1.54. The number of carbonyl (C=O) groups is 2. The predicted molar refractivity (Wildman–Crippen MR) is 79.9 cm³/mol. The Morgan fingerprint density at radius 3 is 2.73 bits per heavy atom. The van der Waals surface area contributed by atoms with Crippen molar-refractivity contribution in [3.05, 3.63) is 29.8 Å². The summed E-state index contributed by atoms with van der Waals surface area (Å²) in [4.78, 5) is 23.2. The molecule has 1 aliphatic rings. The van der Waals surface area contributed by atoms with Gasteiger partial charge in [-0.3, -0.25) is 4.79 Å². The Morgan fingerprint density at radius 1 is 1.32 bits per heavy atom. The van der Waals surface area contributed by atoms with Crippen molar-refractivity contribution in [3.63, 3.8) is 0 Å². The van der Waals surface area contributed by atoms with Gasteiger partial charge in [-0.15, -0.1) is 0 Å². The summed E-state index contributed by atoms with van der Waals surface area (Å²) in [7, 11) is 0. The third kappa shape index (κ3) is 5.04. The van der Waals surface area contributed by atoms with E-state index in [0.29, 0.717) is 24.5 Å². The number of amides is 1. The van der Waals surface area contributed by atoms with E-state index in [4.69, 9.17) is 14.2 Å². The first-order valence-electron chi connectivity index (χ1n) is 7.47. The lowest BCUT2D eigenvalue weighted by Gasteiger charge is -2.11. The number of esters is 1. The van der Waals surface area contributed by atoms with Crippen molar-refractivity contribution in [1.29, 1.82) is 0 Å². The van der Waals surface area contributed by atoms with Gasteiger partial charge in [-0.25, -0.2) is 4.79 Å². The molecule has 1 aromatic rings. The van der Waals surface area contributed by atoms with Gasteiger partial charge in [-0.05, 0) is 44.0 Å². The van der Waals surface area contributed by atoms with E-state index in [0.717, 1.165) is 19.4 Å². The third-order valence-electron chi connectivity index (χ3n) is 3.29. The standard InChI is InChI=1S/C16H21NO5/c1-2-20-16(19)12-5-7-13(8-6-12)22-11-15(18)17-10-14-4-3-9-21-14/h5-8,14H,2-4,9-11H2,1H3,(H,17,18)/t14-/m0/s1. The highest BCUT2D eigenvalue weighted by molar-refractivity contribution is 5.89. The number of hydrogen-bond donors (Lipinski definition) is 1. The van der Waals surface area contributed by atoms with Gasteiger partial charge in [0.2, 0.25) is 0 Å². The summed E-state index contributed by atoms with van der Waals surface area (Å²) in [6.45, 7) is 3.31. The molecule has 0 saturated carbocycles. The molecule has 1 aromatic carbocycles. The summed E-state index contributed by atoms with van der Waals surface area (Å²) in [5.41, 5.74) is 0.456. The molecule has 6 nitrogen and oxygen atoms in total. The molecule has 1 atom stereocenters. The molecule has 1 aliphatic heterocycles. The zero-order valence-electron chi connectivity index (χ0n) is 12.7. The van der Waals surface area contributed by atoms with Crippen LogP contribution in [-0.4, -0.2) is 44.3 Å². The second kappa shape index (κ2) is 8.38. The largest absolute Gasteiger partial charge is 0.484 e. The van der Waals surface area contributed by atoms with E-state index in [2.05, 4.69) is 5.32 Å². The lowest BCUT2D eigenvalue weighted by atomic mass is 10.2. The summed E-state index contributed by atoms with van der Waals surface area (Å²) in [5.74, 6) is -0.0337. The minimum atomic E-state index is -0.372. The van der Waals surface area contributed by atoms with Crippen molar-refractivity contribution >= 4 is 11.9 Å². The first-order valence-corrected chi connectivity index (χ1v) is 7.47. The van der Waals surface area contributed by atoms with Crippen molar-refractivity contribution in [1.82, 2.24) is 5.32 Å². The van der Waals surface area contributed by atoms with Gasteiger partial charge in [0.05, 0.1) is 18.3 Å². The SMILES string of the molecule is CCOC(=O)c1ccc(OCC(=O)NC[C@@H]2CCCO2)cc1. The first kappa shape index (κ1) is 16.3. The Balaban J connectivity index is 1.71. The average Bonchev–Trinajstić information content (AvgIpc) is 3.05. The molecule has 1 heterocycles. The minimum absolute atomic E-state index is 0.0640. The molecule has 1 amide bonds. The second-order valence-corrected chi connectivity index (χ2v) is 4.97. The Bertz CT molecular complexity index is 494. The second-order valence-electron chi connectivity index (χ2n) is 4.97. The van der Waals surface area contributed by atoms with Gasteiger partial charge in [0, 0.05) is 13.2 Å². The molecule has 0 unspecified atom stereocenters. The van der Waals surface area contributed by atoms with Gasteiger partial charge in [0.25, 0.3) is 5.91 Å². The Labute approximate surface area is 129 Å². The van der Waals surface area contributed by atoms with Gasteiger partial charge in [-0.2, -0.15) is 0 Å². The Morgan fingerprint density at radius 2 is 2.09 bits per heavy atom. The van der Waals surface area contributed by atoms with Crippen LogP contribution in [0.1, 0.15) is 30.1 Å². The molecule has 1 N–H and O–H groups in total. The van der Waals surface area contributed by atoms with Gasteiger partial charge in [0.15, 0.2) is 6.61 Å². The van der Waals surface area contributed by atoms with E-state index in [1.165, 1.54) is 0 Å². The van der Waals surface area contributed by atoms with Crippen LogP contribution in [0.25, 0.3) is 0 Å². The molecular weight excluding hydrogens is 286 g/mol. The lowest BCUT2D eigenvalue weighted by molar-refractivity contribution is -0.123. The molecule has 1 saturated heterocycles. The van der Waals surface area contributed by atoms with Gasteiger partial charge in [-0.1, -0.05) is 0 Å². The van der Waals surface area contributed by atoms with E-state index in [1.807, 2.05) is 0 Å². The monoisotopic (exact) mass is 307 g/mol. The van der Waals surface area contributed by atoms with Gasteiger partial charge < -0.3 is 19.5 Å². The fraction of sp³-hybridized carbons (Fsp3) is 0.500. The molecule has 2 rings (SSSR count). The van der Waals surface area contributed by atoms with E-state index in [1.54, 1.807) is 31.2 Å². The van der Waals surface area contributed by atoms with Crippen LogP contribution in [0, 0.1) is 0 Å². The fourth-order valence-electron chi connectivity index (χ4n) is 2.13. The van der Waals surface area contributed by atoms with E-state index in [-0.39, 0.29) is 24.6 Å². The van der Waals surface area contributed by atoms with Crippen molar-refractivity contribution in [3.8, 4) is 5.75 Å². The summed E-state index contributed by atoms with van der Waals surface area (Å²) >= 11 is 0. The van der Waals surface area contributed by atoms with Crippen LogP contribution in [0.2, 0.25) is 0 Å². The summed E-state index contributed by atoms with van der Waals surface area (Å²) in [5, 5.41) is 2.78.